The van der Waals surface area contributed by atoms with Gasteiger partial charge in [0.1, 0.15) is 5.82 Å². The molecule has 2 N–H and O–H groups in total. The number of rotatable bonds is 1. The van der Waals surface area contributed by atoms with Gasteiger partial charge in [-0.25, -0.2) is 4.39 Å². The van der Waals surface area contributed by atoms with Crippen molar-refractivity contribution in [2.45, 2.75) is 12.5 Å². The number of anilines is 1. The molecule has 1 heterocycles. The van der Waals surface area contributed by atoms with E-state index in [4.69, 9.17) is 17.3 Å². The second-order valence-electron chi connectivity index (χ2n) is 3.69. The predicted molar refractivity (Wildman–Crippen MR) is 64.1 cm³/mol. The minimum atomic E-state index is -0.487. The summed E-state index contributed by atoms with van der Waals surface area (Å²) in [5, 5.41) is 0.365. The fraction of sp³-hybridized carbons (Fsp3) is 0.300. The number of benzene rings is 1. The van der Waals surface area contributed by atoms with Gasteiger partial charge in [0.2, 0.25) is 5.91 Å². The lowest BCUT2D eigenvalue weighted by Gasteiger charge is -2.17. The largest absolute Gasteiger partial charge is 0.326 e. The van der Waals surface area contributed by atoms with Crippen molar-refractivity contribution in [3.63, 3.8) is 0 Å². The molecule has 0 aliphatic carbocycles. The first-order valence-electron chi connectivity index (χ1n) is 4.69. The van der Waals surface area contributed by atoms with Crippen molar-refractivity contribution in [2.75, 3.05) is 11.4 Å². The summed E-state index contributed by atoms with van der Waals surface area (Å²) in [6, 6.07) is 2.43. The van der Waals surface area contributed by atoms with E-state index in [2.05, 4.69) is 15.9 Å². The number of hydrogen-bond donors (Lipinski definition) is 1. The van der Waals surface area contributed by atoms with Gasteiger partial charge in [-0.2, -0.15) is 0 Å². The van der Waals surface area contributed by atoms with Gasteiger partial charge >= 0.3 is 0 Å². The van der Waals surface area contributed by atoms with E-state index in [1.165, 1.54) is 17.0 Å². The number of hydrogen-bond acceptors (Lipinski definition) is 2. The Labute approximate surface area is 105 Å². The molecule has 86 valence electrons. The van der Waals surface area contributed by atoms with Gasteiger partial charge in [-0.3, -0.25) is 4.79 Å². The molecule has 0 bridgehead atoms. The van der Waals surface area contributed by atoms with Crippen LogP contribution in [-0.2, 0) is 4.79 Å². The molecule has 0 aromatic heterocycles. The molecule has 1 amide bonds. The van der Waals surface area contributed by atoms with E-state index >= 15 is 0 Å². The molecular formula is C10H9BrClFN2O. The van der Waals surface area contributed by atoms with Crippen LogP contribution < -0.4 is 10.6 Å². The molecule has 1 saturated heterocycles. The fourth-order valence-electron chi connectivity index (χ4n) is 1.69. The van der Waals surface area contributed by atoms with Crippen molar-refractivity contribution in [1.82, 2.24) is 0 Å². The number of amides is 1. The van der Waals surface area contributed by atoms with E-state index < -0.39 is 5.82 Å². The maximum absolute atomic E-state index is 13.7. The van der Waals surface area contributed by atoms with Gasteiger partial charge in [0.15, 0.2) is 0 Å². The Hall–Kier alpha value is -0.650. The zero-order chi connectivity index (χ0) is 11.9. The zero-order valence-corrected chi connectivity index (χ0v) is 10.6. The maximum Gasteiger partial charge on any atom is 0.228 e. The average molecular weight is 308 g/mol. The first-order valence-corrected chi connectivity index (χ1v) is 5.86. The molecule has 1 aromatic carbocycles. The predicted octanol–water partition coefficient (Wildman–Crippen LogP) is 2.31. The molecule has 3 nitrogen and oxygen atoms in total. The smallest absolute Gasteiger partial charge is 0.228 e. The number of nitrogens with two attached hydrogens (primary N) is 1. The monoisotopic (exact) mass is 306 g/mol. The molecule has 1 atom stereocenters. The van der Waals surface area contributed by atoms with Crippen LogP contribution in [0.25, 0.3) is 0 Å². The molecule has 1 aliphatic heterocycles. The molecule has 1 unspecified atom stereocenters. The lowest BCUT2D eigenvalue weighted by Crippen LogP contribution is -2.28. The highest BCUT2D eigenvalue weighted by Gasteiger charge is 2.30. The average Bonchev–Trinajstić information content (AvgIpc) is 2.51. The minimum Gasteiger partial charge on any atom is -0.326 e. The van der Waals surface area contributed by atoms with Crippen LogP contribution >= 0.6 is 27.5 Å². The van der Waals surface area contributed by atoms with Crippen molar-refractivity contribution >= 4 is 39.1 Å². The van der Waals surface area contributed by atoms with E-state index in [1.54, 1.807) is 0 Å². The Morgan fingerprint density at radius 2 is 2.25 bits per heavy atom. The topological polar surface area (TPSA) is 46.3 Å². The summed E-state index contributed by atoms with van der Waals surface area (Å²) in [7, 11) is 0. The van der Waals surface area contributed by atoms with Crippen molar-refractivity contribution < 1.29 is 9.18 Å². The van der Waals surface area contributed by atoms with Crippen LogP contribution in [0, 0.1) is 5.82 Å². The second kappa shape index (κ2) is 4.31. The third-order valence-corrected chi connectivity index (χ3v) is 3.63. The van der Waals surface area contributed by atoms with Crippen LogP contribution in [0.4, 0.5) is 10.1 Å². The Balaban J connectivity index is 2.41. The van der Waals surface area contributed by atoms with E-state index in [-0.39, 0.29) is 24.1 Å². The van der Waals surface area contributed by atoms with Crippen LogP contribution in [0.15, 0.2) is 16.6 Å². The Morgan fingerprint density at radius 1 is 1.56 bits per heavy atom. The third kappa shape index (κ3) is 2.07. The number of carbonyl (C=O) groups is 1. The van der Waals surface area contributed by atoms with Crippen LogP contribution in [0.1, 0.15) is 6.42 Å². The molecule has 16 heavy (non-hydrogen) atoms. The molecule has 1 aromatic rings. The van der Waals surface area contributed by atoms with Gasteiger partial charge < -0.3 is 10.6 Å². The van der Waals surface area contributed by atoms with E-state index in [9.17, 15) is 9.18 Å². The Morgan fingerprint density at radius 3 is 2.81 bits per heavy atom. The summed E-state index contributed by atoms with van der Waals surface area (Å²) in [5.74, 6) is -0.663. The number of halogens is 3. The van der Waals surface area contributed by atoms with Crippen molar-refractivity contribution in [3.05, 3.63) is 27.4 Å². The molecule has 2 rings (SSSR count). The van der Waals surface area contributed by atoms with Crippen molar-refractivity contribution in [3.8, 4) is 0 Å². The number of nitrogens with zero attached hydrogens (tertiary/aromatic N) is 1. The SMILES string of the molecule is NC1CC(=O)N(c2cc(Cl)c(Br)cc2F)C1. The van der Waals surface area contributed by atoms with Crippen LogP contribution in [0.3, 0.4) is 0 Å². The van der Waals surface area contributed by atoms with Gasteiger partial charge in [0, 0.05) is 23.5 Å². The van der Waals surface area contributed by atoms with Gasteiger partial charge in [-0.05, 0) is 28.1 Å². The molecule has 0 spiro atoms. The normalized spacial score (nSPS) is 20.6. The molecule has 1 fully saturated rings. The minimum absolute atomic E-state index is 0.176. The van der Waals surface area contributed by atoms with E-state index in [0.29, 0.717) is 16.0 Å². The maximum atomic E-state index is 13.7. The van der Waals surface area contributed by atoms with Gasteiger partial charge in [-0.1, -0.05) is 11.6 Å². The first kappa shape index (κ1) is 11.8. The van der Waals surface area contributed by atoms with Crippen molar-refractivity contribution in [1.29, 1.82) is 0 Å². The highest BCUT2D eigenvalue weighted by atomic mass is 79.9. The summed E-state index contributed by atoms with van der Waals surface area (Å²) in [6.45, 7) is 0.327. The standard InChI is InChI=1S/C10H9BrClFN2O/c11-6-2-8(13)9(3-7(6)12)15-4-5(14)1-10(15)16/h2-3,5H,1,4,14H2. The van der Waals surface area contributed by atoms with Crippen LogP contribution in [0.5, 0.6) is 0 Å². The lowest BCUT2D eigenvalue weighted by atomic mass is 10.3. The Kier molecular flexibility index (Phi) is 3.19. The highest BCUT2D eigenvalue weighted by molar-refractivity contribution is 9.10. The fourth-order valence-corrected chi connectivity index (χ4v) is 2.16. The quantitative estimate of drug-likeness (QED) is 0.809. The summed E-state index contributed by atoms with van der Waals surface area (Å²) in [6.07, 6.45) is 0.243. The summed E-state index contributed by atoms with van der Waals surface area (Å²) < 4.78 is 14.1. The number of carbonyl (C=O) groups excluding carboxylic acids is 1. The molecule has 6 heteroatoms. The van der Waals surface area contributed by atoms with E-state index in [1.807, 2.05) is 0 Å². The van der Waals surface area contributed by atoms with Crippen molar-refractivity contribution in [2.24, 2.45) is 5.73 Å². The van der Waals surface area contributed by atoms with Gasteiger partial charge in [-0.15, -0.1) is 0 Å². The van der Waals surface area contributed by atoms with Crippen LogP contribution in [0.2, 0.25) is 5.02 Å². The van der Waals surface area contributed by atoms with E-state index in [0.717, 1.165) is 0 Å². The molecule has 0 saturated carbocycles. The lowest BCUT2D eigenvalue weighted by molar-refractivity contribution is -0.117. The summed E-state index contributed by atoms with van der Waals surface area (Å²) in [5.41, 5.74) is 5.83. The molecule has 0 radical (unpaired) electrons. The highest BCUT2D eigenvalue weighted by Crippen LogP contribution is 2.32. The van der Waals surface area contributed by atoms with Crippen LogP contribution in [-0.4, -0.2) is 18.5 Å². The molecular weight excluding hydrogens is 298 g/mol. The third-order valence-electron chi connectivity index (χ3n) is 2.44. The van der Waals surface area contributed by atoms with Gasteiger partial charge in [0.05, 0.1) is 10.7 Å². The summed E-state index contributed by atoms with van der Waals surface area (Å²) >= 11 is 8.98. The summed E-state index contributed by atoms with van der Waals surface area (Å²) in [4.78, 5) is 12.9. The first-order chi connectivity index (χ1) is 7.49. The zero-order valence-electron chi connectivity index (χ0n) is 8.21. The Bertz CT molecular complexity index is 455. The van der Waals surface area contributed by atoms with Gasteiger partial charge in [0.25, 0.3) is 0 Å². The second-order valence-corrected chi connectivity index (χ2v) is 4.95. The molecule has 1 aliphatic rings.